The van der Waals surface area contributed by atoms with Gasteiger partial charge < -0.3 is 38.8 Å². The summed E-state index contributed by atoms with van der Waals surface area (Å²) >= 11 is 28.0. The minimum atomic E-state index is -1.06. The molecule has 1 saturated heterocycles. The second-order valence-electron chi connectivity index (χ2n) is 29.3. The van der Waals surface area contributed by atoms with E-state index in [1.165, 1.54) is 31.9 Å². The second kappa shape index (κ2) is 32.7. The number of methoxy groups -OCH3 is 1. The van der Waals surface area contributed by atoms with E-state index in [1.807, 2.05) is 167 Å². The number of carbonyl (C=O) groups excluding carboxylic acids is 1. The van der Waals surface area contributed by atoms with Crippen LogP contribution in [0, 0.1) is 27.7 Å². The van der Waals surface area contributed by atoms with Crippen molar-refractivity contribution in [3.8, 4) is 45.5 Å². The van der Waals surface area contributed by atoms with Gasteiger partial charge in [0.1, 0.15) is 46.6 Å². The molecule has 5 aliphatic rings. The van der Waals surface area contributed by atoms with Gasteiger partial charge in [-0.3, -0.25) is 18.3 Å². The summed E-state index contributed by atoms with van der Waals surface area (Å²) in [5, 5.41) is 46.5. The molecule has 0 spiro atoms. The highest BCUT2D eigenvalue weighted by atomic mass is 79.9. The van der Waals surface area contributed by atoms with Crippen LogP contribution in [0.25, 0.3) is 45.5 Å². The van der Waals surface area contributed by atoms with E-state index in [1.54, 1.807) is 0 Å². The van der Waals surface area contributed by atoms with E-state index >= 15 is 0 Å². The number of hydrogen-bond acceptors (Lipinski definition) is 21. The normalized spacial score (nSPS) is 14.6. The molecule has 19 rings (SSSR count). The molecule has 5 aliphatic heterocycles. The molecule has 0 atom stereocenters. The summed E-state index contributed by atoms with van der Waals surface area (Å²) in [5.74, 6) is 6.60. The molecule has 0 unspecified atom stereocenters. The van der Waals surface area contributed by atoms with Crippen molar-refractivity contribution in [1.82, 2.24) is 79.0 Å². The molecule has 26 nitrogen and oxygen atoms in total. The molecule has 0 saturated carbocycles. The summed E-state index contributed by atoms with van der Waals surface area (Å²) in [7, 11) is 0.905. The van der Waals surface area contributed by atoms with Crippen molar-refractivity contribution in [2.45, 2.75) is 92.3 Å². The Morgan fingerprint density at radius 1 is 0.402 bits per heavy atom. The molecule has 8 aromatic carbocycles. The summed E-state index contributed by atoms with van der Waals surface area (Å²) in [4.78, 5) is 49.1. The number of aromatic carboxylic acids is 1. The van der Waals surface area contributed by atoms with Gasteiger partial charge in [-0.25, -0.2) is 29.5 Å². The van der Waals surface area contributed by atoms with Crippen LogP contribution in [0.1, 0.15) is 95.0 Å². The third kappa shape index (κ3) is 16.0. The quantitative estimate of drug-likeness (QED) is 0.104. The van der Waals surface area contributed by atoms with E-state index in [0.29, 0.717) is 33.8 Å². The molecule has 14 aromatic rings. The van der Waals surface area contributed by atoms with E-state index in [0.717, 1.165) is 191 Å². The molecular weight excluding hydrogens is 1630 g/mol. The number of rotatable bonds is 9. The van der Waals surface area contributed by atoms with Crippen molar-refractivity contribution in [3.63, 3.8) is 0 Å². The van der Waals surface area contributed by atoms with Gasteiger partial charge in [-0.2, -0.15) is 0 Å². The van der Waals surface area contributed by atoms with Crippen molar-refractivity contribution in [3.05, 3.63) is 277 Å². The standard InChI is InChI=1S/C23H26BClN4O2.C23H19ClN6O2.C22H17ClN6O2.C17H14BrClN4/c1-15-26-27-21-12-13-28(18-9-7-17(25)8-10-18)20-14-16(6-11-19(20)29(15)21)24-30-22(2,3)23(4,5)31-24;1-14-27-28-21-9-10-29(18-6-4-17(24)5-7-18)20-11-15(3-8-19(20)30(14)21)22-25-12-16(13-26-22)23(31)32-2;1-13-26-27-20-8-9-28(17-5-3-16(23)4-6-17)19-10-14(2-7-18(19)29(13)20)21-24-11-15(12-25-21)22(30)31;1-11-20-21-17-8-9-22(14-5-3-13(19)4-6-14)16-10-12(18)2-7-15(16)23(11)17/h6-11,14H,12-13H2,1-5H3;3-8,11-13H,9-10H2,1-2H3;2-7,10-12H,8-9H2,1H3,(H,30,31);2-7,10H,8-9H2,1H3. The smallest absolute Gasteiger partial charge is 0.478 e. The van der Waals surface area contributed by atoms with Crippen LogP contribution in [0.2, 0.25) is 20.1 Å². The monoisotopic (exact) mass is 1700 g/mol. The number of hydrogen-bond donors (Lipinski definition) is 1. The number of carboxylic acid groups (broad SMARTS) is 1. The molecule has 0 bridgehead atoms. The summed E-state index contributed by atoms with van der Waals surface area (Å²) in [6.45, 7) is 19.2. The molecule has 0 amide bonds. The Balaban J connectivity index is 0.000000118. The first-order valence-corrected chi connectivity index (χ1v) is 40.0. The van der Waals surface area contributed by atoms with E-state index in [-0.39, 0.29) is 5.56 Å². The van der Waals surface area contributed by atoms with Crippen LogP contribution in [0.15, 0.2) is 199 Å². The van der Waals surface area contributed by atoms with E-state index in [9.17, 15) is 9.59 Å². The Labute approximate surface area is 702 Å². The third-order valence-electron chi connectivity index (χ3n) is 21.4. The van der Waals surface area contributed by atoms with Crippen molar-refractivity contribution in [2.75, 3.05) is 52.9 Å². The minimum Gasteiger partial charge on any atom is -0.478 e. The number of carboxylic acids is 1. The summed E-state index contributed by atoms with van der Waals surface area (Å²) in [5.41, 5.74) is 14.6. The molecule has 0 aliphatic carbocycles. The fraction of sp³-hybridized carbons (Fsp3) is 0.224. The van der Waals surface area contributed by atoms with Crippen LogP contribution < -0.4 is 25.1 Å². The van der Waals surface area contributed by atoms with Gasteiger partial charge in [0.25, 0.3) is 0 Å². The predicted molar refractivity (Wildman–Crippen MR) is 457 cm³/mol. The van der Waals surface area contributed by atoms with Crippen LogP contribution in [0.3, 0.4) is 0 Å². The lowest BCUT2D eigenvalue weighted by molar-refractivity contribution is 0.00578. The lowest BCUT2D eigenvalue weighted by Gasteiger charge is -2.32. The number of fused-ring (bicyclic) bond motifs is 12. The molecule has 1 N–H and O–H groups in total. The molecule has 117 heavy (non-hydrogen) atoms. The average Bonchev–Trinajstić information content (AvgIpc) is 1.65. The number of aryl methyl sites for hydroxylation is 4. The Morgan fingerprint density at radius 2 is 0.701 bits per heavy atom. The predicted octanol–water partition coefficient (Wildman–Crippen LogP) is 17.2. The Bertz CT molecular complexity index is 6060. The van der Waals surface area contributed by atoms with Crippen LogP contribution in [0.5, 0.6) is 0 Å². The Kier molecular flexibility index (Phi) is 22.1. The maximum absolute atomic E-state index is 11.7. The van der Waals surface area contributed by atoms with E-state index < -0.39 is 30.3 Å². The number of carbonyl (C=O) groups is 2. The zero-order valence-corrected chi connectivity index (χ0v) is 69.6. The van der Waals surface area contributed by atoms with Gasteiger partial charge in [0.2, 0.25) is 0 Å². The van der Waals surface area contributed by atoms with Gasteiger partial charge in [-0.1, -0.05) is 68.4 Å². The number of aromatic nitrogens is 16. The first-order valence-electron chi connectivity index (χ1n) is 37.7. The molecule has 6 aromatic heterocycles. The Hall–Kier alpha value is -11.8. The molecular formula is C85H76BBrCl4N20O6. The summed E-state index contributed by atoms with van der Waals surface area (Å²) < 4.78 is 26.8. The zero-order chi connectivity index (χ0) is 81.7. The summed E-state index contributed by atoms with van der Waals surface area (Å²) in [6.07, 6.45) is 8.64. The average molecular weight is 1710 g/mol. The first kappa shape index (κ1) is 79.1. The van der Waals surface area contributed by atoms with Gasteiger partial charge in [0, 0.05) is 135 Å². The van der Waals surface area contributed by atoms with Crippen LogP contribution in [-0.2, 0) is 39.7 Å². The number of nitrogens with zero attached hydrogens (tertiary/aromatic N) is 20. The van der Waals surface area contributed by atoms with Crippen molar-refractivity contribution in [2.24, 2.45) is 0 Å². The van der Waals surface area contributed by atoms with Gasteiger partial charge >= 0.3 is 19.1 Å². The van der Waals surface area contributed by atoms with Crippen molar-refractivity contribution >= 4 is 132 Å². The van der Waals surface area contributed by atoms with Crippen molar-refractivity contribution in [1.29, 1.82) is 0 Å². The maximum Gasteiger partial charge on any atom is 0.494 e. The van der Waals surface area contributed by atoms with E-state index in [2.05, 4.69) is 173 Å². The van der Waals surface area contributed by atoms with Crippen LogP contribution in [0.4, 0.5) is 45.5 Å². The third-order valence-corrected chi connectivity index (χ3v) is 22.9. The first-order chi connectivity index (χ1) is 56.3. The minimum absolute atomic E-state index is 0.0473. The van der Waals surface area contributed by atoms with Crippen LogP contribution >= 0.6 is 62.3 Å². The van der Waals surface area contributed by atoms with Gasteiger partial charge in [-0.05, 0) is 225 Å². The fourth-order valence-electron chi connectivity index (χ4n) is 14.8. The molecule has 1 fully saturated rings. The lowest BCUT2D eigenvalue weighted by atomic mass is 9.78. The highest BCUT2D eigenvalue weighted by Gasteiger charge is 2.52. The number of anilines is 8. The highest BCUT2D eigenvalue weighted by molar-refractivity contribution is 9.10. The summed E-state index contributed by atoms with van der Waals surface area (Å²) in [6, 6.07) is 55.9. The molecule has 590 valence electrons. The second-order valence-corrected chi connectivity index (χ2v) is 31.9. The Morgan fingerprint density at radius 3 is 1.03 bits per heavy atom. The molecule has 0 radical (unpaired) electrons. The number of benzene rings is 8. The molecule has 11 heterocycles. The highest BCUT2D eigenvalue weighted by Crippen LogP contribution is 2.44. The number of halogens is 5. The topological polar surface area (TPSA) is 269 Å². The van der Waals surface area contributed by atoms with Gasteiger partial charge in [0.05, 0.1) is 74.9 Å². The maximum atomic E-state index is 11.7. The van der Waals surface area contributed by atoms with Crippen molar-refractivity contribution < 1.29 is 28.7 Å². The van der Waals surface area contributed by atoms with E-state index in [4.69, 9.17) is 65.6 Å². The number of esters is 1. The van der Waals surface area contributed by atoms with Gasteiger partial charge in [0.15, 0.2) is 11.6 Å². The molecule has 32 heteroatoms. The van der Waals surface area contributed by atoms with Crippen LogP contribution in [-0.4, -0.2) is 148 Å². The lowest BCUT2D eigenvalue weighted by Crippen LogP contribution is -2.41. The number of ether oxygens (including phenoxy) is 1. The zero-order valence-electron chi connectivity index (χ0n) is 65.0. The van der Waals surface area contributed by atoms with Gasteiger partial charge in [-0.15, -0.1) is 40.8 Å². The fourth-order valence-corrected chi connectivity index (χ4v) is 15.7. The largest absolute Gasteiger partial charge is 0.494 e. The SMILES string of the molecule is COC(=O)c1cnc(-c2ccc3c(c2)N(c2ccc(Cl)cc2)CCc2nnc(C)n2-3)nc1.Cc1nnc2n1-c1ccc(-c3ncc(C(=O)O)cn3)cc1N(c1ccc(Cl)cc1)CC2.Cc1nnc2n1-c1ccc(B3OC(C)(C)C(C)(C)O3)cc1N(c1ccc(Cl)cc1)CC2.Cc1nnc2n1-c1ccc(Br)cc1N(c1ccc(Cl)cc1)CC2.